The fourth-order valence-electron chi connectivity index (χ4n) is 0.375. The molecule has 4 N–H and O–H groups in total. The van der Waals surface area contributed by atoms with E-state index in [2.05, 4.69) is 0 Å². The molecule has 0 aliphatic rings. The average Bonchev–Trinajstić information content (AvgIpc) is 2.17. The van der Waals surface area contributed by atoms with Gasteiger partial charge in [-0.25, -0.2) is 0 Å². The molecule has 0 aromatic rings. The minimum atomic E-state index is -0.319. The third-order valence-corrected chi connectivity index (χ3v) is 2.65. The zero-order chi connectivity index (χ0) is 12.6. The van der Waals surface area contributed by atoms with Gasteiger partial charge >= 0.3 is 0 Å². The van der Waals surface area contributed by atoms with Gasteiger partial charge in [0.2, 0.25) is 11.8 Å². The normalized spacial score (nSPS) is 12.3. The summed E-state index contributed by atoms with van der Waals surface area (Å²) in [6.45, 7) is 9.40. The molecule has 4 nitrogen and oxygen atoms in total. The summed E-state index contributed by atoms with van der Waals surface area (Å²) >= 11 is 0. The van der Waals surface area contributed by atoms with E-state index >= 15 is 0 Å². The van der Waals surface area contributed by atoms with Crippen molar-refractivity contribution in [3.05, 3.63) is 0 Å². The fraction of sp³-hybridized carbons (Fsp3) is 0.818. The Bertz CT molecular complexity index is 213. The number of nitrogens with two attached hydrogens (primary N) is 2. The van der Waals surface area contributed by atoms with Crippen LogP contribution in [0.2, 0.25) is 0 Å². The van der Waals surface area contributed by atoms with Gasteiger partial charge in [-0.3, -0.25) is 9.59 Å². The van der Waals surface area contributed by atoms with Crippen molar-refractivity contribution in [3.63, 3.8) is 0 Å². The minimum Gasteiger partial charge on any atom is -0.369 e. The van der Waals surface area contributed by atoms with Crippen molar-refractivity contribution in [3.8, 4) is 0 Å². The predicted octanol–water partition coefficient (Wildman–Crippen LogP) is 1.43. The number of rotatable bonds is 4. The maximum atomic E-state index is 10.5. The molecule has 0 fully saturated rings. The largest absolute Gasteiger partial charge is 0.369 e. The highest BCUT2D eigenvalue weighted by molar-refractivity contribution is 5.79. The van der Waals surface area contributed by atoms with Crippen LogP contribution in [0.25, 0.3) is 0 Å². The molecule has 15 heavy (non-hydrogen) atoms. The summed E-state index contributed by atoms with van der Waals surface area (Å²) in [5.74, 6) is -0.387. The number of hydrogen-bond donors (Lipinski definition) is 2. The monoisotopic (exact) mass is 216 g/mol. The third kappa shape index (κ3) is 7.97. The molecule has 0 saturated heterocycles. The van der Waals surface area contributed by atoms with Gasteiger partial charge in [-0.2, -0.15) is 0 Å². The number of carbonyl (C=O) groups excluding carboxylic acids is 2. The first-order valence-corrected chi connectivity index (χ1v) is 5.28. The highest BCUT2D eigenvalue weighted by atomic mass is 16.1. The molecule has 0 aliphatic heterocycles. The quantitative estimate of drug-likeness (QED) is 0.744. The molecule has 0 heterocycles. The molecular weight excluding hydrogens is 192 g/mol. The van der Waals surface area contributed by atoms with Crippen molar-refractivity contribution in [1.29, 1.82) is 0 Å². The number of hydrogen-bond acceptors (Lipinski definition) is 2. The summed E-state index contributed by atoms with van der Waals surface area (Å²) in [5.41, 5.74) is 9.63. The Hall–Kier alpha value is -1.06. The molecule has 0 aromatic carbocycles. The molecule has 0 radical (unpaired) electrons. The van der Waals surface area contributed by atoms with Crippen LogP contribution in [0.1, 0.15) is 47.5 Å². The van der Waals surface area contributed by atoms with Crippen LogP contribution < -0.4 is 11.5 Å². The van der Waals surface area contributed by atoms with Gasteiger partial charge in [-0.15, -0.1) is 0 Å². The second-order valence-electron chi connectivity index (χ2n) is 4.31. The van der Waals surface area contributed by atoms with Gasteiger partial charge in [0.15, 0.2) is 0 Å². The van der Waals surface area contributed by atoms with E-state index < -0.39 is 0 Å². The Morgan fingerprint density at radius 3 is 1.60 bits per heavy atom. The minimum absolute atomic E-state index is 0.0417. The van der Waals surface area contributed by atoms with E-state index in [4.69, 9.17) is 11.5 Å². The van der Waals surface area contributed by atoms with Crippen LogP contribution in [-0.2, 0) is 9.59 Å². The Labute approximate surface area is 92.4 Å². The first-order chi connectivity index (χ1) is 6.68. The molecule has 2 amide bonds. The summed E-state index contributed by atoms with van der Waals surface area (Å²) in [5, 5.41) is 0. The van der Waals surface area contributed by atoms with E-state index in [0.29, 0.717) is 0 Å². The zero-order valence-electron chi connectivity index (χ0n) is 10.5. The molecule has 0 aromatic heterocycles. The standard InChI is InChI=1S/C6H13NO.C5H11NO/c1-4-6(2,3)5(7)8;1-3-4(2)5(6)7/h4H2,1-3H3,(H2,7,8);4H,3H2,1-2H3,(H2,6,7). The van der Waals surface area contributed by atoms with Crippen LogP contribution >= 0.6 is 0 Å². The molecule has 4 heteroatoms. The van der Waals surface area contributed by atoms with E-state index in [-0.39, 0.29) is 23.1 Å². The molecular formula is C11H24N2O2. The van der Waals surface area contributed by atoms with E-state index in [1.165, 1.54) is 0 Å². The summed E-state index contributed by atoms with van der Waals surface area (Å²) < 4.78 is 0. The van der Waals surface area contributed by atoms with Crippen LogP contribution in [0.5, 0.6) is 0 Å². The maximum absolute atomic E-state index is 10.5. The summed E-state index contributed by atoms with van der Waals surface area (Å²) in [7, 11) is 0. The molecule has 0 saturated carbocycles. The second kappa shape index (κ2) is 7.26. The van der Waals surface area contributed by atoms with Crippen LogP contribution in [0, 0.1) is 11.3 Å². The zero-order valence-corrected chi connectivity index (χ0v) is 10.5. The highest BCUT2D eigenvalue weighted by Crippen LogP contribution is 2.17. The summed E-state index contributed by atoms with van der Waals surface area (Å²) in [4.78, 5) is 20.6. The van der Waals surface area contributed by atoms with E-state index in [9.17, 15) is 9.59 Å². The molecule has 0 spiro atoms. The number of carbonyl (C=O) groups is 2. The molecule has 0 rings (SSSR count). The van der Waals surface area contributed by atoms with Gasteiger partial charge in [0, 0.05) is 11.3 Å². The van der Waals surface area contributed by atoms with Crippen LogP contribution in [-0.4, -0.2) is 11.8 Å². The Morgan fingerprint density at radius 1 is 1.20 bits per heavy atom. The SMILES string of the molecule is CCC(C)(C)C(N)=O.CCC(C)C(N)=O. The lowest BCUT2D eigenvalue weighted by atomic mass is 9.90. The lowest BCUT2D eigenvalue weighted by Crippen LogP contribution is -2.30. The van der Waals surface area contributed by atoms with Crippen LogP contribution in [0.3, 0.4) is 0 Å². The van der Waals surface area contributed by atoms with Crippen molar-refractivity contribution in [2.75, 3.05) is 0 Å². The average molecular weight is 216 g/mol. The predicted molar refractivity (Wildman–Crippen MR) is 61.9 cm³/mol. The van der Waals surface area contributed by atoms with Gasteiger partial charge in [-0.05, 0) is 12.8 Å². The van der Waals surface area contributed by atoms with Gasteiger partial charge < -0.3 is 11.5 Å². The number of primary amides is 2. The van der Waals surface area contributed by atoms with Crippen molar-refractivity contribution < 1.29 is 9.59 Å². The van der Waals surface area contributed by atoms with Crippen molar-refractivity contribution in [2.45, 2.75) is 47.5 Å². The smallest absolute Gasteiger partial charge is 0.223 e. The van der Waals surface area contributed by atoms with Crippen molar-refractivity contribution in [2.24, 2.45) is 22.8 Å². The lowest BCUT2D eigenvalue weighted by Gasteiger charge is -2.16. The second-order valence-corrected chi connectivity index (χ2v) is 4.31. The van der Waals surface area contributed by atoms with E-state index in [1.807, 2.05) is 34.6 Å². The van der Waals surface area contributed by atoms with Crippen LogP contribution in [0.15, 0.2) is 0 Å². The third-order valence-electron chi connectivity index (χ3n) is 2.65. The Kier molecular flexibility index (Phi) is 7.92. The van der Waals surface area contributed by atoms with Gasteiger partial charge in [0.05, 0.1) is 0 Å². The lowest BCUT2D eigenvalue weighted by molar-refractivity contribution is -0.126. The first-order valence-electron chi connectivity index (χ1n) is 5.28. The highest BCUT2D eigenvalue weighted by Gasteiger charge is 2.21. The van der Waals surface area contributed by atoms with Crippen molar-refractivity contribution >= 4 is 11.8 Å². The Morgan fingerprint density at radius 2 is 1.60 bits per heavy atom. The molecule has 1 atom stereocenters. The maximum Gasteiger partial charge on any atom is 0.223 e. The van der Waals surface area contributed by atoms with E-state index in [0.717, 1.165) is 12.8 Å². The molecule has 90 valence electrons. The molecule has 0 aliphatic carbocycles. The van der Waals surface area contributed by atoms with Crippen molar-refractivity contribution in [1.82, 2.24) is 0 Å². The first kappa shape index (κ1) is 16.4. The number of amides is 2. The molecule has 0 bridgehead atoms. The van der Waals surface area contributed by atoms with Gasteiger partial charge in [0.1, 0.15) is 0 Å². The topological polar surface area (TPSA) is 86.2 Å². The summed E-state index contributed by atoms with van der Waals surface area (Å²) in [6.07, 6.45) is 1.65. The summed E-state index contributed by atoms with van der Waals surface area (Å²) in [6, 6.07) is 0. The van der Waals surface area contributed by atoms with Gasteiger partial charge in [-0.1, -0.05) is 34.6 Å². The Balaban J connectivity index is 0. The van der Waals surface area contributed by atoms with Crippen LogP contribution in [0.4, 0.5) is 0 Å². The van der Waals surface area contributed by atoms with Gasteiger partial charge in [0.25, 0.3) is 0 Å². The molecule has 1 unspecified atom stereocenters. The van der Waals surface area contributed by atoms with E-state index in [1.54, 1.807) is 0 Å². The fourth-order valence-corrected chi connectivity index (χ4v) is 0.375.